The van der Waals surface area contributed by atoms with Crippen LogP contribution in [0.4, 0.5) is 5.69 Å². The summed E-state index contributed by atoms with van der Waals surface area (Å²) in [6.45, 7) is 0. The highest BCUT2D eigenvalue weighted by atomic mass is 15.2. The van der Waals surface area contributed by atoms with E-state index in [0.717, 1.165) is 5.69 Å². The third kappa shape index (κ3) is 1.70. The van der Waals surface area contributed by atoms with Gasteiger partial charge in [-0.3, -0.25) is 5.41 Å². The van der Waals surface area contributed by atoms with E-state index in [0.29, 0.717) is 0 Å². The van der Waals surface area contributed by atoms with E-state index in [1.807, 2.05) is 30.3 Å². The summed E-state index contributed by atoms with van der Waals surface area (Å²) >= 11 is 0. The Morgan fingerprint density at radius 3 is 2.36 bits per heavy atom. The smallest absolute Gasteiger partial charge is 0.192 e. The highest BCUT2D eigenvalue weighted by molar-refractivity contribution is 5.91. The summed E-state index contributed by atoms with van der Waals surface area (Å²) in [7, 11) is 1.76. The van der Waals surface area contributed by atoms with E-state index in [9.17, 15) is 0 Å². The third-order valence-corrected chi connectivity index (χ3v) is 1.50. The van der Waals surface area contributed by atoms with Crippen LogP contribution in [0.5, 0.6) is 0 Å². The van der Waals surface area contributed by atoms with Gasteiger partial charge in [0.25, 0.3) is 0 Å². The van der Waals surface area contributed by atoms with E-state index in [4.69, 9.17) is 11.1 Å². The van der Waals surface area contributed by atoms with Crippen LogP contribution in [0.3, 0.4) is 0 Å². The Kier molecular flexibility index (Phi) is 2.11. The summed E-state index contributed by atoms with van der Waals surface area (Å²) in [5.41, 5.74) is 6.21. The zero-order valence-electron chi connectivity index (χ0n) is 6.41. The monoisotopic (exact) mass is 149 g/mol. The summed E-state index contributed by atoms with van der Waals surface area (Å²) in [4.78, 5) is 1.61. The second-order valence-electron chi connectivity index (χ2n) is 2.28. The predicted octanol–water partition coefficient (Wildman–Crippen LogP) is 1.02. The molecule has 0 aliphatic heterocycles. The molecular weight excluding hydrogens is 138 g/mol. The van der Waals surface area contributed by atoms with Crippen LogP contribution >= 0.6 is 0 Å². The minimum Gasteiger partial charge on any atom is -0.370 e. The first-order valence-electron chi connectivity index (χ1n) is 3.34. The standard InChI is InChI=1S/C8H11N3/c1-11(8(9)10)7-5-3-2-4-6-7/h2-6H,1H3,(H3,9,10). The van der Waals surface area contributed by atoms with Gasteiger partial charge in [0, 0.05) is 12.7 Å². The molecule has 0 saturated carbocycles. The van der Waals surface area contributed by atoms with Gasteiger partial charge < -0.3 is 10.6 Å². The van der Waals surface area contributed by atoms with Crippen molar-refractivity contribution in [1.29, 1.82) is 5.41 Å². The van der Waals surface area contributed by atoms with Crippen molar-refractivity contribution in [3.63, 3.8) is 0 Å². The predicted molar refractivity (Wildman–Crippen MR) is 46.8 cm³/mol. The molecule has 0 spiro atoms. The van der Waals surface area contributed by atoms with E-state index in [2.05, 4.69) is 0 Å². The highest BCUT2D eigenvalue weighted by Gasteiger charge is 1.99. The first kappa shape index (κ1) is 7.60. The van der Waals surface area contributed by atoms with Crippen molar-refractivity contribution in [3.8, 4) is 0 Å². The zero-order chi connectivity index (χ0) is 8.27. The molecule has 58 valence electrons. The van der Waals surface area contributed by atoms with Gasteiger partial charge in [0.05, 0.1) is 0 Å². The molecule has 3 heteroatoms. The van der Waals surface area contributed by atoms with Crippen molar-refractivity contribution in [2.24, 2.45) is 5.73 Å². The topological polar surface area (TPSA) is 53.1 Å². The van der Waals surface area contributed by atoms with Crippen molar-refractivity contribution in [3.05, 3.63) is 30.3 Å². The van der Waals surface area contributed by atoms with Crippen LogP contribution in [-0.2, 0) is 0 Å². The molecule has 0 aliphatic rings. The summed E-state index contributed by atoms with van der Waals surface area (Å²) in [5, 5.41) is 7.14. The number of para-hydroxylation sites is 1. The average Bonchev–Trinajstić information content (AvgIpc) is 2.05. The molecule has 1 aromatic carbocycles. The SMILES string of the molecule is CN(C(=N)N)c1ccccc1. The normalized spacial score (nSPS) is 9.18. The fourth-order valence-corrected chi connectivity index (χ4v) is 0.791. The minimum absolute atomic E-state index is 0.0520. The molecular formula is C8H11N3. The number of benzene rings is 1. The fourth-order valence-electron chi connectivity index (χ4n) is 0.791. The van der Waals surface area contributed by atoms with E-state index in [1.54, 1.807) is 11.9 Å². The molecule has 0 radical (unpaired) electrons. The molecule has 0 saturated heterocycles. The van der Waals surface area contributed by atoms with Gasteiger partial charge in [-0.25, -0.2) is 0 Å². The second-order valence-corrected chi connectivity index (χ2v) is 2.28. The molecule has 1 aromatic rings. The van der Waals surface area contributed by atoms with Crippen molar-refractivity contribution in [2.75, 3.05) is 11.9 Å². The van der Waals surface area contributed by atoms with Gasteiger partial charge in [0.15, 0.2) is 5.96 Å². The van der Waals surface area contributed by atoms with Gasteiger partial charge in [-0.05, 0) is 12.1 Å². The number of nitrogens with two attached hydrogens (primary N) is 1. The summed E-state index contributed by atoms with van der Waals surface area (Å²) in [5.74, 6) is 0.0520. The molecule has 0 atom stereocenters. The lowest BCUT2D eigenvalue weighted by Gasteiger charge is -2.15. The van der Waals surface area contributed by atoms with Crippen molar-refractivity contribution in [1.82, 2.24) is 0 Å². The maximum atomic E-state index is 7.14. The Morgan fingerprint density at radius 1 is 1.36 bits per heavy atom. The minimum atomic E-state index is 0.0520. The number of nitrogens with zero attached hydrogens (tertiary/aromatic N) is 1. The average molecular weight is 149 g/mol. The van der Waals surface area contributed by atoms with Crippen LogP contribution < -0.4 is 10.6 Å². The van der Waals surface area contributed by atoms with Crippen LogP contribution in [0.2, 0.25) is 0 Å². The zero-order valence-corrected chi connectivity index (χ0v) is 6.41. The highest BCUT2D eigenvalue weighted by Crippen LogP contribution is 2.09. The lowest BCUT2D eigenvalue weighted by Crippen LogP contribution is -2.32. The van der Waals surface area contributed by atoms with Crippen molar-refractivity contribution in [2.45, 2.75) is 0 Å². The molecule has 3 N–H and O–H groups in total. The Bertz CT molecular complexity index is 243. The fraction of sp³-hybridized carbons (Fsp3) is 0.125. The quantitative estimate of drug-likeness (QED) is 0.462. The molecule has 0 fully saturated rings. The van der Waals surface area contributed by atoms with Gasteiger partial charge in [-0.15, -0.1) is 0 Å². The maximum Gasteiger partial charge on any atom is 0.192 e. The van der Waals surface area contributed by atoms with E-state index in [1.165, 1.54) is 0 Å². The van der Waals surface area contributed by atoms with Crippen molar-refractivity contribution >= 4 is 11.6 Å². The maximum absolute atomic E-state index is 7.14. The Hall–Kier alpha value is -1.51. The van der Waals surface area contributed by atoms with Gasteiger partial charge >= 0.3 is 0 Å². The molecule has 0 amide bonds. The van der Waals surface area contributed by atoms with E-state index >= 15 is 0 Å². The number of rotatable bonds is 1. The Morgan fingerprint density at radius 2 is 1.91 bits per heavy atom. The molecule has 0 unspecified atom stereocenters. The molecule has 3 nitrogen and oxygen atoms in total. The number of hydrogen-bond donors (Lipinski definition) is 2. The summed E-state index contributed by atoms with van der Waals surface area (Å²) < 4.78 is 0. The van der Waals surface area contributed by atoms with Gasteiger partial charge in [-0.2, -0.15) is 0 Å². The molecule has 1 rings (SSSR count). The van der Waals surface area contributed by atoms with Gasteiger partial charge in [0.1, 0.15) is 0 Å². The van der Waals surface area contributed by atoms with Crippen molar-refractivity contribution < 1.29 is 0 Å². The Labute approximate surface area is 65.9 Å². The second kappa shape index (κ2) is 3.05. The number of nitrogens with one attached hydrogen (secondary N) is 1. The number of anilines is 1. The first-order chi connectivity index (χ1) is 5.22. The van der Waals surface area contributed by atoms with Crippen LogP contribution in [0.25, 0.3) is 0 Å². The lowest BCUT2D eigenvalue weighted by atomic mass is 10.3. The first-order valence-corrected chi connectivity index (χ1v) is 3.34. The van der Waals surface area contributed by atoms with Crippen LogP contribution in [0.15, 0.2) is 30.3 Å². The van der Waals surface area contributed by atoms with Crippen LogP contribution in [-0.4, -0.2) is 13.0 Å². The van der Waals surface area contributed by atoms with E-state index in [-0.39, 0.29) is 5.96 Å². The van der Waals surface area contributed by atoms with Crippen LogP contribution in [0.1, 0.15) is 0 Å². The molecule has 11 heavy (non-hydrogen) atoms. The summed E-state index contributed by atoms with van der Waals surface area (Å²) in [6.07, 6.45) is 0. The van der Waals surface area contributed by atoms with Gasteiger partial charge in [-0.1, -0.05) is 18.2 Å². The molecule has 0 bridgehead atoms. The van der Waals surface area contributed by atoms with Crippen LogP contribution in [0, 0.1) is 5.41 Å². The number of hydrogen-bond acceptors (Lipinski definition) is 1. The Balaban J connectivity index is 2.85. The largest absolute Gasteiger partial charge is 0.370 e. The third-order valence-electron chi connectivity index (χ3n) is 1.50. The molecule has 0 heterocycles. The molecule has 0 aromatic heterocycles. The van der Waals surface area contributed by atoms with Gasteiger partial charge in [0.2, 0.25) is 0 Å². The lowest BCUT2D eigenvalue weighted by molar-refractivity contribution is 1.20. The van der Waals surface area contributed by atoms with E-state index < -0.39 is 0 Å². The summed E-state index contributed by atoms with van der Waals surface area (Å²) in [6, 6.07) is 9.56. The number of guanidine groups is 1. The molecule has 0 aliphatic carbocycles.